The highest BCUT2D eigenvalue weighted by molar-refractivity contribution is 4.86. The first kappa shape index (κ1) is 11.4. The topological polar surface area (TPSA) is 32.7 Å². The van der Waals surface area contributed by atoms with Crippen LogP contribution in [-0.4, -0.2) is 48.5 Å². The highest BCUT2D eigenvalue weighted by atomic mass is 16.5. The van der Waals surface area contributed by atoms with Crippen LogP contribution in [0.1, 0.15) is 26.7 Å². The Bertz CT molecular complexity index is 200. The van der Waals surface area contributed by atoms with Crippen molar-refractivity contribution in [2.75, 3.05) is 26.3 Å². The quantitative estimate of drug-likeness (QED) is 0.708. The molecule has 0 aromatic rings. The molecule has 3 heteroatoms. The summed E-state index contributed by atoms with van der Waals surface area (Å²) in [6, 6.07) is 0.240. The van der Waals surface area contributed by atoms with Crippen LogP contribution in [0.2, 0.25) is 0 Å². The van der Waals surface area contributed by atoms with E-state index in [1.165, 1.54) is 6.42 Å². The third-order valence-electron chi connectivity index (χ3n) is 3.66. The van der Waals surface area contributed by atoms with Gasteiger partial charge < -0.3 is 9.84 Å². The van der Waals surface area contributed by atoms with Gasteiger partial charge in [-0.15, -0.1) is 0 Å². The Kier molecular flexibility index (Phi) is 3.65. The van der Waals surface area contributed by atoms with Gasteiger partial charge >= 0.3 is 0 Å². The van der Waals surface area contributed by atoms with Gasteiger partial charge in [-0.25, -0.2) is 0 Å². The molecular formula is C12H23NO2. The molecule has 2 aliphatic heterocycles. The summed E-state index contributed by atoms with van der Waals surface area (Å²) in [5.74, 6) is 1.51. The van der Waals surface area contributed by atoms with E-state index in [2.05, 4.69) is 18.7 Å². The maximum Gasteiger partial charge on any atom is 0.0739 e. The second-order valence-corrected chi connectivity index (χ2v) is 5.40. The van der Waals surface area contributed by atoms with Gasteiger partial charge in [0, 0.05) is 19.7 Å². The summed E-state index contributed by atoms with van der Waals surface area (Å²) in [6.07, 6.45) is 1.93. The van der Waals surface area contributed by atoms with Gasteiger partial charge in [0.15, 0.2) is 0 Å². The highest BCUT2D eigenvalue weighted by Crippen LogP contribution is 2.25. The molecule has 4 unspecified atom stereocenters. The maximum absolute atomic E-state index is 9.97. The van der Waals surface area contributed by atoms with E-state index in [0.717, 1.165) is 38.0 Å². The van der Waals surface area contributed by atoms with Crippen LogP contribution >= 0.6 is 0 Å². The van der Waals surface area contributed by atoms with Crippen molar-refractivity contribution in [2.24, 2.45) is 11.8 Å². The zero-order chi connectivity index (χ0) is 10.8. The molecule has 0 aromatic heterocycles. The van der Waals surface area contributed by atoms with Crippen molar-refractivity contribution < 1.29 is 9.84 Å². The van der Waals surface area contributed by atoms with Crippen LogP contribution in [-0.2, 0) is 4.74 Å². The minimum absolute atomic E-state index is 0.184. The molecular weight excluding hydrogens is 190 g/mol. The van der Waals surface area contributed by atoms with Gasteiger partial charge in [0.05, 0.1) is 18.8 Å². The molecule has 88 valence electrons. The average Bonchev–Trinajstić information content (AvgIpc) is 2.16. The predicted octanol–water partition coefficient (Wildman–Crippen LogP) is 1.11. The Morgan fingerprint density at radius 1 is 1.20 bits per heavy atom. The lowest BCUT2D eigenvalue weighted by Gasteiger charge is -2.43. The van der Waals surface area contributed by atoms with E-state index in [0.29, 0.717) is 6.61 Å². The Labute approximate surface area is 92.4 Å². The van der Waals surface area contributed by atoms with Crippen LogP contribution in [0.15, 0.2) is 0 Å². The second-order valence-electron chi connectivity index (χ2n) is 5.40. The first-order valence-corrected chi connectivity index (χ1v) is 6.16. The van der Waals surface area contributed by atoms with Crippen LogP contribution < -0.4 is 0 Å². The van der Waals surface area contributed by atoms with Gasteiger partial charge in [-0.1, -0.05) is 13.8 Å². The molecule has 0 saturated carbocycles. The SMILES string of the molecule is CC1CC(C)CN(C2COCCC2O)C1. The molecule has 0 bridgehead atoms. The van der Waals surface area contributed by atoms with E-state index in [1.807, 2.05) is 0 Å². The molecule has 2 heterocycles. The zero-order valence-corrected chi connectivity index (χ0v) is 9.85. The van der Waals surface area contributed by atoms with E-state index < -0.39 is 0 Å². The molecule has 0 aromatic carbocycles. The van der Waals surface area contributed by atoms with Crippen LogP contribution in [0, 0.1) is 11.8 Å². The molecule has 0 amide bonds. The number of ether oxygens (including phenoxy) is 1. The molecule has 1 N–H and O–H groups in total. The van der Waals surface area contributed by atoms with Crippen molar-refractivity contribution in [2.45, 2.75) is 38.8 Å². The van der Waals surface area contributed by atoms with Gasteiger partial charge in [-0.3, -0.25) is 4.90 Å². The van der Waals surface area contributed by atoms with Crippen molar-refractivity contribution in [1.29, 1.82) is 0 Å². The van der Waals surface area contributed by atoms with Crippen LogP contribution in [0.25, 0.3) is 0 Å². The fraction of sp³-hybridized carbons (Fsp3) is 1.00. The monoisotopic (exact) mass is 213 g/mol. The van der Waals surface area contributed by atoms with E-state index >= 15 is 0 Å². The number of hydrogen-bond acceptors (Lipinski definition) is 3. The van der Waals surface area contributed by atoms with Crippen molar-refractivity contribution in [3.63, 3.8) is 0 Å². The van der Waals surface area contributed by atoms with Gasteiger partial charge in [0.2, 0.25) is 0 Å². The summed E-state index contributed by atoms with van der Waals surface area (Å²) in [7, 11) is 0. The minimum atomic E-state index is -0.184. The minimum Gasteiger partial charge on any atom is -0.391 e. The standard InChI is InChI=1S/C12H23NO2/c1-9-5-10(2)7-13(6-9)11-8-15-4-3-12(11)14/h9-12,14H,3-8H2,1-2H3. The molecule has 2 rings (SSSR count). The third-order valence-corrected chi connectivity index (χ3v) is 3.66. The van der Waals surface area contributed by atoms with E-state index in [1.54, 1.807) is 0 Å². The number of hydrogen-bond donors (Lipinski definition) is 1. The summed E-state index contributed by atoms with van der Waals surface area (Å²) in [4.78, 5) is 2.43. The first-order chi connectivity index (χ1) is 7.16. The molecule has 0 aliphatic carbocycles. The maximum atomic E-state index is 9.97. The summed E-state index contributed by atoms with van der Waals surface area (Å²) < 4.78 is 5.47. The number of aliphatic hydroxyl groups excluding tert-OH is 1. The molecule has 2 fully saturated rings. The molecule has 2 aliphatic rings. The molecule has 15 heavy (non-hydrogen) atoms. The summed E-state index contributed by atoms with van der Waals surface area (Å²) in [6.45, 7) is 8.28. The fourth-order valence-electron chi connectivity index (χ4n) is 3.04. The lowest BCUT2D eigenvalue weighted by atomic mass is 9.89. The number of rotatable bonds is 1. The van der Waals surface area contributed by atoms with Gasteiger partial charge in [0.25, 0.3) is 0 Å². The lowest BCUT2D eigenvalue weighted by molar-refractivity contribution is -0.0756. The Hall–Kier alpha value is -0.120. The smallest absolute Gasteiger partial charge is 0.0739 e. The van der Waals surface area contributed by atoms with Crippen LogP contribution in [0.5, 0.6) is 0 Å². The Balaban J connectivity index is 1.95. The van der Waals surface area contributed by atoms with Crippen LogP contribution in [0.3, 0.4) is 0 Å². The van der Waals surface area contributed by atoms with E-state index in [9.17, 15) is 5.11 Å². The Morgan fingerprint density at radius 3 is 2.47 bits per heavy atom. The largest absolute Gasteiger partial charge is 0.391 e. The summed E-state index contributed by atoms with van der Waals surface area (Å²) >= 11 is 0. The van der Waals surface area contributed by atoms with Crippen molar-refractivity contribution in [3.05, 3.63) is 0 Å². The number of nitrogens with zero attached hydrogens (tertiary/aromatic N) is 1. The first-order valence-electron chi connectivity index (χ1n) is 6.16. The average molecular weight is 213 g/mol. The molecule has 0 spiro atoms. The van der Waals surface area contributed by atoms with Crippen molar-refractivity contribution >= 4 is 0 Å². The highest BCUT2D eigenvalue weighted by Gasteiger charge is 2.33. The predicted molar refractivity (Wildman–Crippen MR) is 59.7 cm³/mol. The van der Waals surface area contributed by atoms with Crippen molar-refractivity contribution in [3.8, 4) is 0 Å². The number of aliphatic hydroxyl groups is 1. The van der Waals surface area contributed by atoms with Gasteiger partial charge in [-0.05, 0) is 24.7 Å². The summed E-state index contributed by atoms with van der Waals surface area (Å²) in [5.41, 5.74) is 0. The fourth-order valence-corrected chi connectivity index (χ4v) is 3.04. The molecule has 4 atom stereocenters. The van der Waals surface area contributed by atoms with E-state index in [4.69, 9.17) is 4.74 Å². The molecule has 3 nitrogen and oxygen atoms in total. The number of likely N-dealkylation sites (tertiary alicyclic amines) is 1. The van der Waals surface area contributed by atoms with Crippen molar-refractivity contribution in [1.82, 2.24) is 4.90 Å². The third kappa shape index (κ3) is 2.71. The number of piperidine rings is 1. The van der Waals surface area contributed by atoms with E-state index in [-0.39, 0.29) is 12.1 Å². The lowest BCUT2D eigenvalue weighted by Crippen LogP contribution is -2.54. The molecule has 0 radical (unpaired) electrons. The Morgan fingerprint density at radius 2 is 1.87 bits per heavy atom. The molecule has 2 saturated heterocycles. The normalized spacial score (nSPS) is 44.2. The second kappa shape index (κ2) is 4.81. The zero-order valence-electron chi connectivity index (χ0n) is 9.85. The summed E-state index contributed by atoms with van der Waals surface area (Å²) in [5, 5.41) is 9.97. The van der Waals surface area contributed by atoms with Gasteiger partial charge in [0.1, 0.15) is 0 Å². The van der Waals surface area contributed by atoms with Gasteiger partial charge in [-0.2, -0.15) is 0 Å². The van der Waals surface area contributed by atoms with Crippen LogP contribution in [0.4, 0.5) is 0 Å².